The molecule has 0 aliphatic carbocycles. The normalized spacial score (nSPS) is 11.1. The van der Waals surface area contributed by atoms with Crippen LogP contribution in [-0.2, 0) is 0 Å². The standard InChI is InChI=1S/C16H11F2N3/c1-11-2-4-12(5-3-11)9-20-21-10-13-6-15(17)14(8-19)16(18)7-13/h2-7,9-10H,1H3/b20-9+,21-10+. The average Bonchev–Trinajstić information content (AvgIpc) is 2.45. The zero-order valence-electron chi connectivity index (χ0n) is 11.2. The topological polar surface area (TPSA) is 48.5 Å². The molecule has 0 amide bonds. The van der Waals surface area contributed by atoms with Gasteiger partial charge in [-0.3, -0.25) is 0 Å². The number of rotatable bonds is 3. The van der Waals surface area contributed by atoms with Crippen LogP contribution in [-0.4, -0.2) is 12.4 Å². The molecule has 2 rings (SSSR count). The van der Waals surface area contributed by atoms with Crippen molar-refractivity contribution in [2.24, 2.45) is 10.2 Å². The van der Waals surface area contributed by atoms with Crippen molar-refractivity contribution in [3.8, 4) is 6.07 Å². The molecule has 0 heterocycles. The summed E-state index contributed by atoms with van der Waals surface area (Å²) in [6.07, 6.45) is 2.75. The molecule has 104 valence electrons. The third-order valence-electron chi connectivity index (χ3n) is 2.73. The molecule has 0 fully saturated rings. The lowest BCUT2D eigenvalue weighted by atomic mass is 10.1. The molecule has 0 atom stereocenters. The first-order chi connectivity index (χ1) is 10.1. The van der Waals surface area contributed by atoms with E-state index in [0.29, 0.717) is 0 Å². The first-order valence-corrected chi connectivity index (χ1v) is 6.12. The minimum atomic E-state index is -0.915. The van der Waals surface area contributed by atoms with Crippen LogP contribution in [0.2, 0.25) is 0 Å². The van der Waals surface area contributed by atoms with E-state index in [-0.39, 0.29) is 5.56 Å². The molecule has 0 N–H and O–H groups in total. The molecule has 2 aromatic rings. The molecule has 0 saturated carbocycles. The summed E-state index contributed by atoms with van der Waals surface area (Å²) in [6.45, 7) is 1.98. The first kappa shape index (κ1) is 14.5. The van der Waals surface area contributed by atoms with Crippen LogP contribution in [0.5, 0.6) is 0 Å². The van der Waals surface area contributed by atoms with E-state index < -0.39 is 17.2 Å². The molecule has 21 heavy (non-hydrogen) atoms. The molecule has 0 aliphatic heterocycles. The summed E-state index contributed by atoms with van der Waals surface area (Å²) in [7, 11) is 0. The van der Waals surface area contributed by atoms with E-state index in [0.717, 1.165) is 23.3 Å². The van der Waals surface area contributed by atoms with Crippen LogP contribution in [0.25, 0.3) is 0 Å². The zero-order valence-corrected chi connectivity index (χ0v) is 11.2. The van der Waals surface area contributed by atoms with Gasteiger partial charge in [0.25, 0.3) is 0 Å². The lowest BCUT2D eigenvalue weighted by Gasteiger charge is -1.97. The Bertz CT molecular complexity index is 718. The van der Waals surface area contributed by atoms with Gasteiger partial charge >= 0.3 is 0 Å². The third kappa shape index (κ3) is 3.80. The van der Waals surface area contributed by atoms with Crippen molar-refractivity contribution in [2.75, 3.05) is 0 Å². The summed E-state index contributed by atoms with van der Waals surface area (Å²) in [4.78, 5) is 0. The highest BCUT2D eigenvalue weighted by Gasteiger charge is 2.09. The molecular weight excluding hydrogens is 272 g/mol. The van der Waals surface area contributed by atoms with Crippen molar-refractivity contribution in [1.29, 1.82) is 5.26 Å². The van der Waals surface area contributed by atoms with Gasteiger partial charge in [0.05, 0.1) is 12.4 Å². The molecule has 0 unspecified atom stereocenters. The fourth-order valence-electron chi connectivity index (χ4n) is 1.63. The van der Waals surface area contributed by atoms with Gasteiger partial charge in [0.2, 0.25) is 0 Å². The van der Waals surface area contributed by atoms with Gasteiger partial charge in [-0.15, -0.1) is 0 Å². The number of halogens is 2. The van der Waals surface area contributed by atoms with E-state index in [1.807, 2.05) is 31.2 Å². The van der Waals surface area contributed by atoms with E-state index in [1.54, 1.807) is 0 Å². The molecule has 3 nitrogen and oxygen atoms in total. The third-order valence-corrected chi connectivity index (χ3v) is 2.73. The summed E-state index contributed by atoms with van der Waals surface area (Å²) in [5, 5.41) is 16.1. The van der Waals surface area contributed by atoms with Crippen molar-refractivity contribution in [1.82, 2.24) is 0 Å². The number of benzene rings is 2. The second-order valence-electron chi connectivity index (χ2n) is 4.37. The summed E-state index contributed by atoms with van der Waals surface area (Å²) >= 11 is 0. The lowest BCUT2D eigenvalue weighted by Crippen LogP contribution is -1.93. The Hall–Kier alpha value is -2.87. The monoisotopic (exact) mass is 283 g/mol. The number of hydrogen-bond acceptors (Lipinski definition) is 3. The highest BCUT2D eigenvalue weighted by molar-refractivity contribution is 5.82. The van der Waals surface area contributed by atoms with Crippen LogP contribution in [0.4, 0.5) is 8.78 Å². The Labute approximate surface area is 120 Å². The van der Waals surface area contributed by atoms with E-state index in [2.05, 4.69) is 10.2 Å². The molecule has 0 spiro atoms. The second-order valence-corrected chi connectivity index (χ2v) is 4.37. The molecular formula is C16H11F2N3. The molecule has 5 heteroatoms. The predicted octanol–water partition coefficient (Wildman–Crippen LogP) is 3.60. The highest BCUT2D eigenvalue weighted by atomic mass is 19.1. The van der Waals surface area contributed by atoms with Crippen LogP contribution in [0, 0.1) is 29.9 Å². The summed E-state index contributed by atoms with van der Waals surface area (Å²) in [5.41, 5.74) is 1.61. The number of hydrogen-bond donors (Lipinski definition) is 0. The maximum Gasteiger partial charge on any atom is 0.144 e. The van der Waals surface area contributed by atoms with Crippen molar-refractivity contribution in [3.63, 3.8) is 0 Å². The fourth-order valence-corrected chi connectivity index (χ4v) is 1.63. The average molecular weight is 283 g/mol. The smallest absolute Gasteiger partial charge is 0.144 e. The Balaban J connectivity index is 2.12. The molecule has 0 aromatic heterocycles. The maximum atomic E-state index is 13.4. The van der Waals surface area contributed by atoms with Gasteiger partial charge in [-0.05, 0) is 24.6 Å². The van der Waals surface area contributed by atoms with Gasteiger partial charge in [-0.2, -0.15) is 15.5 Å². The number of aryl methyl sites for hydroxylation is 1. The maximum absolute atomic E-state index is 13.4. The molecule has 0 saturated heterocycles. The number of nitrogens with zero attached hydrogens (tertiary/aromatic N) is 3. The molecule has 0 bridgehead atoms. The van der Waals surface area contributed by atoms with Crippen molar-refractivity contribution < 1.29 is 8.78 Å². The van der Waals surface area contributed by atoms with E-state index in [9.17, 15) is 8.78 Å². The lowest BCUT2D eigenvalue weighted by molar-refractivity contribution is 0.576. The minimum absolute atomic E-state index is 0.199. The zero-order chi connectivity index (χ0) is 15.2. The molecule has 0 aliphatic rings. The van der Waals surface area contributed by atoms with Gasteiger partial charge in [0.1, 0.15) is 23.3 Å². The summed E-state index contributed by atoms with van der Waals surface area (Å²) in [6, 6.07) is 11.2. The minimum Gasteiger partial charge on any atom is -0.205 e. The Morgan fingerprint density at radius 3 is 2.00 bits per heavy atom. The van der Waals surface area contributed by atoms with Crippen molar-refractivity contribution in [3.05, 3.63) is 70.3 Å². The van der Waals surface area contributed by atoms with Crippen LogP contribution < -0.4 is 0 Å². The summed E-state index contributed by atoms with van der Waals surface area (Å²) < 4.78 is 26.7. The van der Waals surface area contributed by atoms with Crippen molar-refractivity contribution >= 4 is 12.4 Å². The van der Waals surface area contributed by atoms with E-state index in [4.69, 9.17) is 5.26 Å². The second kappa shape index (κ2) is 6.53. The predicted molar refractivity (Wildman–Crippen MR) is 77.4 cm³/mol. The number of nitriles is 1. The molecule has 0 radical (unpaired) electrons. The van der Waals surface area contributed by atoms with Crippen molar-refractivity contribution in [2.45, 2.75) is 6.92 Å². The fraction of sp³-hybridized carbons (Fsp3) is 0.0625. The van der Waals surface area contributed by atoms with Gasteiger partial charge in [-0.1, -0.05) is 29.8 Å². The Morgan fingerprint density at radius 2 is 1.48 bits per heavy atom. The Morgan fingerprint density at radius 1 is 0.952 bits per heavy atom. The van der Waals surface area contributed by atoms with Crippen LogP contribution >= 0.6 is 0 Å². The highest BCUT2D eigenvalue weighted by Crippen LogP contribution is 2.13. The quantitative estimate of drug-likeness (QED) is 0.627. The van der Waals surface area contributed by atoms with Gasteiger partial charge < -0.3 is 0 Å². The van der Waals surface area contributed by atoms with Crippen LogP contribution in [0.3, 0.4) is 0 Å². The van der Waals surface area contributed by atoms with E-state index >= 15 is 0 Å². The van der Waals surface area contributed by atoms with Crippen LogP contribution in [0.15, 0.2) is 46.6 Å². The largest absolute Gasteiger partial charge is 0.205 e. The molecule has 2 aromatic carbocycles. The first-order valence-electron chi connectivity index (χ1n) is 6.12. The summed E-state index contributed by atoms with van der Waals surface area (Å²) in [5.74, 6) is -1.83. The Kier molecular flexibility index (Phi) is 4.52. The SMILES string of the molecule is Cc1ccc(/C=N/N=C/c2cc(F)c(C#N)c(F)c2)cc1. The van der Waals surface area contributed by atoms with Gasteiger partial charge in [-0.25, -0.2) is 8.78 Å². The van der Waals surface area contributed by atoms with Crippen LogP contribution in [0.1, 0.15) is 22.3 Å². The van der Waals surface area contributed by atoms with Gasteiger partial charge in [0, 0.05) is 5.56 Å². The van der Waals surface area contributed by atoms with Gasteiger partial charge in [0.15, 0.2) is 0 Å². The van der Waals surface area contributed by atoms with E-state index in [1.165, 1.54) is 18.5 Å².